The van der Waals surface area contributed by atoms with Crippen LogP contribution in [0.2, 0.25) is 5.02 Å². The maximum absolute atomic E-state index is 12.6. The maximum Gasteiger partial charge on any atom is 0.267 e. The highest BCUT2D eigenvalue weighted by Crippen LogP contribution is 2.33. The number of amides is 1. The number of halogens is 1. The van der Waals surface area contributed by atoms with Crippen LogP contribution in [0.1, 0.15) is 5.56 Å². The summed E-state index contributed by atoms with van der Waals surface area (Å²) in [6, 6.07) is 14.9. The Balaban J connectivity index is 1.71. The van der Waals surface area contributed by atoms with Crippen LogP contribution in [-0.2, 0) is 4.79 Å². The topological polar surface area (TPSA) is 41.6 Å². The lowest BCUT2D eigenvalue weighted by molar-refractivity contribution is -0.121. The van der Waals surface area contributed by atoms with Gasteiger partial charge in [-0.25, -0.2) is 0 Å². The first kappa shape index (κ1) is 17.8. The Kier molecular flexibility index (Phi) is 5.63. The van der Waals surface area contributed by atoms with E-state index in [-0.39, 0.29) is 12.6 Å². The van der Waals surface area contributed by atoms with Crippen LogP contribution in [-0.4, -0.2) is 28.9 Å². The maximum atomic E-state index is 12.6. The molecule has 1 amide bonds. The fourth-order valence-electron chi connectivity index (χ4n) is 2.26. The minimum atomic E-state index is -0.120. The summed E-state index contributed by atoms with van der Waals surface area (Å²) in [6.45, 7) is 0.272. The Labute approximate surface area is 160 Å². The number of benzene rings is 2. The summed E-state index contributed by atoms with van der Waals surface area (Å²) in [5.41, 5.74) is 1.68. The molecule has 0 aromatic heterocycles. The number of hydrogen-bond acceptors (Lipinski definition) is 5. The van der Waals surface area contributed by atoms with Crippen molar-refractivity contribution in [2.24, 2.45) is 0 Å². The summed E-state index contributed by atoms with van der Waals surface area (Å²) >= 11 is 12.7. The molecule has 128 valence electrons. The van der Waals surface area contributed by atoms with E-state index in [9.17, 15) is 4.79 Å². The molecule has 3 rings (SSSR count). The number of rotatable bonds is 5. The van der Waals surface area contributed by atoms with Crippen LogP contribution in [0, 0.1) is 0 Å². The summed E-state index contributed by atoms with van der Waals surface area (Å²) < 4.78 is 5.66. The first-order valence-corrected chi connectivity index (χ1v) is 9.06. The van der Waals surface area contributed by atoms with Crippen molar-refractivity contribution in [3.05, 3.63) is 64.0 Å². The Morgan fingerprint density at radius 2 is 1.96 bits per heavy atom. The number of carbonyl (C=O) groups is 1. The summed E-state index contributed by atoms with van der Waals surface area (Å²) in [7, 11) is 1.62. The average molecular weight is 391 g/mol. The van der Waals surface area contributed by atoms with Gasteiger partial charge in [0.25, 0.3) is 5.91 Å². The highest BCUT2D eigenvalue weighted by molar-refractivity contribution is 8.26. The lowest BCUT2D eigenvalue weighted by Gasteiger charge is -2.16. The van der Waals surface area contributed by atoms with E-state index in [1.54, 1.807) is 13.2 Å². The largest absolute Gasteiger partial charge is 0.497 e. The van der Waals surface area contributed by atoms with Crippen LogP contribution in [0.5, 0.6) is 5.75 Å². The summed E-state index contributed by atoms with van der Waals surface area (Å²) in [5, 5.41) is 3.74. The van der Waals surface area contributed by atoms with Gasteiger partial charge in [0.2, 0.25) is 0 Å². The molecule has 1 fully saturated rings. The molecule has 4 nitrogen and oxygen atoms in total. The first-order valence-electron chi connectivity index (χ1n) is 7.46. The highest BCUT2D eigenvalue weighted by atomic mass is 35.5. The van der Waals surface area contributed by atoms with Gasteiger partial charge in [0, 0.05) is 0 Å². The third-order valence-electron chi connectivity index (χ3n) is 3.59. The Bertz CT molecular complexity index is 837. The van der Waals surface area contributed by atoms with Crippen molar-refractivity contribution in [3.8, 4) is 5.75 Å². The lowest BCUT2D eigenvalue weighted by Crippen LogP contribution is -2.33. The first-order chi connectivity index (χ1) is 12.1. The zero-order valence-corrected chi connectivity index (χ0v) is 15.8. The van der Waals surface area contributed by atoms with E-state index in [0.717, 1.165) is 17.0 Å². The van der Waals surface area contributed by atoms with Gasteiger partial charge in [0.05, 0.1) is 29.4 Å². The number of para-hydroxylation sites is 1. The number of methoxy groups -OCH3 is 1. The molecule has 2 aromatic carbocycles. The van der Waals surface area contributed by atoms with Crippen LogP contribution in [0.4, 0.5) is 5.69 Å². The molecule has 0 spiro atoms. The molecular weight excluding hydrogens is 376 g/mol. The van der Waals surface area contributed by atoms with Crippen molar-refractivity contribution in [3.63, 3.8) is 0 Å². The summed E-state index contributed by atoms with van der Waals surface area (Å²) in [5.74, 6) is 0.652. The molecule has 25 heavy (non-hydrogen) atoms. The van der Waals surface area contributed by atoms with E-state index in [1.807, 2.05) is 48.5 Å². The number of ether oxygens (including phenoxy) is 1. The van der Waals surface area contributed by atoms with E-state index in [1.165, 1.54) is 16.7 Å². The predicted molar refractivity (Wildman–Crippen MR) is 108 cm³/mol. The molecule has 0 atom stereocenters. The smallest absolute Gasteiger partial charge is 0.267 e. The standard InChI is InChI=1S/C18H15ClN2O2S2/c1-23-13-8-6-12(7-9-13)10-16-17(22)21(18(24)25-16)11-20-15-5-3-2-4-14(15)19/h2-10,20H,11H2,1H3/b16-10+. The number of nitrogens with one attached hydrogen (secondary N) is 1. The van der Waals surface area contributed by atoms with Gasteiger partial charge in [-0.1, -0.05) is 59.8 Å². The van der Waals surface area contributed by atoms with Crippen LogP contribution >= 0.6 is 35.6 Å². The minimum absolute atomic E-state index is 0.120. The zero-order valence-electron chi connectivity index (χ0n) is 13.4. The minimum Gasteiger partial charge on any atom is -0.497 e. The van der Waals surface area contributed by atoms with Crippen molar-refractivity contribution >= 4 is 57.6 Å². The van der Waals surface area contributed by atoms with Gasteiger partial charge in [0.15, 0.2) is 0 Å². The molecular formula is C18H15ClN2O2S2. The average Bonchev–Trinajstić information content (AvgIpc) is 2.88. The molecule has 2 aromatic rings. The molecule has 1 aliphatic rings. The van der Waals surface area contributed by atoms with E-state index in [0.29, 0.717) is 14.2 Å². The quantitative estimate of drug-likeness (QED) is 0.596. The van der Waals surface area contributed by atoms with Crippen LogP contribution in [0.15, 0.2) is 53.4 Å². The number of nitrogens with zero attached hydrogens (tertiary/aromatic N) is 1. The molecule has 1 N–H and O–H groups in total. The van der Waals surface area contributed by atoms with Crippen molar-refractivity contribution < 1.29 is 9.53 Å². The summed E-state index contributed by atoms with van der Waals surface area (Å²) in [4.78, 5) is 14.7. The van der Waals surface area contributed by atoms with E-state index < -0.39 is 0 Å². The number of hydrogen-bond donors (Lipinski definition) is 1. The second kappa shape index (κ2) is 7.91. The van der Waals surface area contributed by atoms with E-state index in [2.05, 4.69) is 5.32 Å². The normalized spacial score (nSPS) is 15.8. The van der Waals surface area contributed by atoms with Crippen molar-refractivity contribution in [2.45, 2.75) is 0 Å². The zero-order chi connectivity index (χ0) is 17.8. The van der Waals surface area contributed by atoms with Gasteiger partial charge in [-0.15, -0.1) is 0 Å². The SMILES string of the molecule is COc1ccc(/C=C2/SC(=S)N(CNc3ccccc3Cl)C2=O)cc1. The number of thiocarbonyl (C=S) groups is 1. The monoisotopic (exact) mass is 390 g/mol. The van der Waals surface area contributed by atoms with Crippen LogP contribution in [0.3, 0.4) is 0 Å². The van der Waals surface area contributed by atoms with Crippen molar-refractivity contribution in [1.29, 1.82) is 0 Å². The summed E-state index contributed by atoms with van der Waals surface area (Å²) in [6.07, 6.45) is 1.83. The third-order valence-corrected chi connectivity index (χ3v) is 5.30. The molecule has 0 aliphatic carbocycles. The Morgan fingerprint density at radius 1 is 1.24 bits per heavy atom. The Hall–Kier alpha value is -2.02. The molecule has 0 bridgehead atoms. The molecule has 7 heteroatoms. The Morgan fingerprint density at radius 3 is 2.64 bits per heavy atom. The lowest BCUT2D eigenvalue weighted by atomic mass is 10.2. The predicted octanol–water partition coefficient (Wildman–Crippen LogP) is 4.62. The molecule has 1 heterocycles. The number of thioether (sulfide) groups is 1. The van der Waals surface area contributed by atoms with Crippen LogP contribution in [0.25, 0.3) is 6.08 Å². The van der Waals surface area contributed by atoms with E-state index >= 15 is 0 Å². The highest BCUT2D eigenvalue weighted by Gasteiger charge is 2.31. The van der Waals surface area contributed by atoms with Gasteiger partial charge >= 0.3 is 0 Å². The molecule has 0 saturated carbocycles. The van der Waals surface area contributed by atoms with E-state index in [4.69, 9.17) is 28.6 Å². The van der Waals surface area contributed by atoms with Crippen molar-refractivity contribution in [2.75, 3.05) is 19.1 Å². The molecule has 0 unspecified atom stereocenters. The van der Waals surface area contributed by atoms with Gasteiger partial charge in [0.1, 0.15) is 10.1 Å². The molecule has 0 radical (unpaired) electrons. The van der Waals surface area contributed by atoms with Crippen LogP contribution < -0.4 is 10.1 Å². The second-order valence-electron chi connectivity index (χ2n) is 5.20. The van der Waals surface area contributed by atoms with Gasteiger partial charge in [-0.3, -0.25) is 9.69 Å². The second-order valence-corrected chi connectivity index (χ2v) is 7.28. The third kappa shape index (κ3) is 4.15. The van der Waals surface area contributed by atoms with Crippen molar-refractivity contribution in [1.82, 2.24) is 4.90 Å². The fourth-order valence-corrected chi connectivity index (χ4v) is 3.71. The molecule has 1 saturated heterocycles. The van der Waals surface area contributed by atoms with Gasteiger partial charge in [-0.05, 0) is 35.9 Å². The number of anilines is 1. The number of carbonyl (C=O) groups excluding carboxylic acids is 1. The van der Waals surface area contributed by atoms with Gasteiger partial charge < -0.3 is 10.1 Å². The fraction of sp³-hybridized carbons (Fsp3) is 0.111. The van der Waals surface area contributed by atoms with Gasteiger partial charge in [-0.2, -0.15) is 0 Å². The molecule has 1 aliphatic heterocycles.